The van der Waals surface area contributed by atoms with Gasteiger partial charge in [0.1, 0.15) is 23.8 Å². The average molecular weight is 426 g/mol. The number of nitrogens with one attached hydrogen (secondary N) is 1. The summed E-state index contributed by atoms with van der Waals surface area (Å²) in [6.45, 7) is 3.86. The van der Waals surface area contributed by atoms with Gasteiger partial charge in [0, 0.05) is 35.6 Å². The van der Waals surface area contributed by atoms with Crippen molar-refractivity contribution in [2.45, 2.75) is 32.7 Å². The number of aryl methyl sites for hydroxylation is 2. The largest absolute Gasteiger partial charge is 0.383 e. The highest BCUT2D eigenvalue weighted by molar-refractivity contribution is 6.01. The first-order valence-electron chi connectivity index (χ1n) is 10.3. The zero-order valence-electron chi connectivity index (χ0n) is 17.8. The summed E-state index contributed by atoms with van der Waals surface area (Å²) in [4.78, 5) is 29.7. The van der Waals surface area contributed by atoms with Crippen LogP contribution in [0.3, 0.4) is 0 Å². The molecule has 0 radical (unpaired) electrons. The summed E-state index contributed by atoms with van der Waals surface area (Å²) in [6, 6.07) is 5.93. The molecule has 0 aliphatic heterocycles. The number of hydrogen-bond donors (Lipinski definition) is 2. The van der Waals surface area contributed by atoms with Crippen molar-refractivity contribution in [2.75, 3.05) is 11.1 Å². The maximum absolute atomic E-state index is 12.5. The maximum atomic E-state index is 12.5. The fourth-order valence-corrected chi connectivity index (χ4v) is 3.85. The van der Waals surface area contributed by atoms with Crippen LogP contribution in [0, 0.1) is 13.8 Å². The van der Waals surface area contributed by atoms with Crippen LogP contribution in [0.5, 0.6) is 0 Å². The topological polar surface area (TPSA) is 124 Å². The van der Waals surface area contributed by atoms with Crippen molar-refractivity contribution in [1.82, 2.24) is 29.7 Å². The highest BCUT2D eigenvalue weighted by Gasteiger charge is 2.26. The standard InChI is InChI=1S/C23H22N8O/c1-13-3-4-25-10-18(13)20-8-16-9-21(26-11-19(16)23(24)28-20)29-22(32)7-15-5-17(6-15)31-12-27-14(2)30-31/h3-4,7-12,17H,5-6H2,1-2H3,(H2,24,28)(H,26,29,32). The lowest BCUT2D eigenvalue weighted by atomic mass is 9.86. The summed E-state index contributed by atoms with van der Waals surface area (Å²) in [5.41, 5.74) is 9.94. The van der Waals surface area contributed by atoms with Crippen LogP contribution in [0.25, 0.3) is 22.0 Å². The molecule has 0 bridgehead atoms. The van der Waals surface area contributed by atoms with Gasteiger partial charge in [0.05, 0.1) is 11.7 Å². The molecule has 1 aliphatic carbocycles. The number of nitrogens with zero attached hydrogens (tertiary/aromatic N) is 6. The first-order chi connectivity index (χ1) is 15.5. The molecule has 0 spiro atoms. The molecule has 4 heterocycles. The average Bonchev–Trinajstić information content (AvgIpc) is 3.16. The minimum absolute atomic E-state index is 0.203. The number of rotatable bonds is 4. The van der Waals surface area contributed by atoms with Crippen molar-refractivity contribution >= 4 is 28.3 Å². The highest BCUT2D eigenvalue weighted by atomic mass is 16.1. The summed E-state index contributed by atoms with van der Waals surface area (Å²) < 4.78 is 1.86. The Morgan fingerprint density at radius 1 is 1.22 bits per heavy atom. The predicted octanol–water partition coefficient (Wildman–Crippen LogP) is 3.38. The molecule has 0 unspecified atom stereocenters. The minimum atomic E-state index is -0.203. The Balaban J connectivity index is 1.33. The minimum Gasteiger partial charge on any atom is -0.383 e. The van der Waals surface area contributed by atoms with E-state index in [2.05, 4.69) is 30.4 Å². The Hall–Kier alpha value is -4.14. The van der Waals surface area contributed by atoms with Crippen molar-refractivity contribution in [1.29, 1.82) is 0 Å². The first kappa shape index (κ1) is 19.8. The van der Waals surface area contributed by atoms with E-state index < -0.39 is 0 Å². The second-order valence-corrected chi connectivity index (χ2v) is 8.00. The number of anilines is 2. The Morgan fingerprint density at radius 2 is 2.06 bits per heavy atom. The molecule has 160 valence electrons. The zero-order valence-corrected chi connectivity index (χ0v) is 17.8. The lowest BCUT2D eigenvalue weighted by Gasteiger charge is -2.28. The predicted molar refractivity (Wildman–Crippen MR) is 122 cm³/mol. The zero-order chi connectivity index (χ0) is 22.2. The van der Waals surface area contributed by atoms with Crippen molar-refractivity contribution in [3.8, 4) is 11.3 Å². The number of amides is 1. The summed E-state index contributed by atoms with van der Waals surface area (Å²) in [5, 5.41) is 8.76. The van der Waals surface area contributed by atoms with Crippen LogP contribution in [0.2, 0.25) is 0 Å². The summed E-state index contributed by atoms with van der Waals surface area (Å²) >= 11 is 0. The molecule has 1 fully saturated rings. The number of nitrogens with two attached hydrogens (primary N) is 1. The SMILES string of the molecule is Cc1ncn(C2CC(=CC(=O)Nc3cc4cc(-c5cnccc5C)nc(N)c4cn3)C2)n1. The second-order valence-electron chi connectivity index (χ2n) is 8.00. The molecule has 0 aromatic carbocycles. The fourth-order valence-electron chi connectivity index (χ4n) is 3.85. The Labute approximate surface area is 184 Å². The molecule has 4 aromatic heterocycles. The Bertz CT molecular complexity index is 1370. The summed E-state index contributed by atoms with van der Waals surface area (Å²) in [5.74, 6) is 1.39. The third-order valence-electron chi connectivity index (χ3n) is 5.64. The van der Waals surface area contributed by atoms with Crippen LogP contribution in [-0.4, -0.2) is 35.6 Å². The molecule has 4 aromatic rings. The van der Waals surface area contributed by atoms with E-state index in [0.717, 1.165) is 51.8 Å². The van der Waals surface area contributed by atoms with Crippen LogP contribution in [0.1, 0.15) is 30.3 Å². The van der Waals surface area contributed by atoms with Crippen molar-refractivity contribution in [3.63, 3.8) is 0 Å². The summed E-state index contributed by atoms with van der Waals surface area (Å²) in [7, 11) is 0. The van der Waals surface area contributed by atoms with Gasteiger partial charge in [0.25, 0.3) is 0 Å². The van der Waals surface area contributed by atoms with Gasteiger partial charge in [-0.25, -0.2) is 19.6 Å². The van der Waals surface area contributed by atoms with E-state index in [-0.39, 0.29) is 11.9 Å². The number of nitrogen functional groups attached to an aromatic ring is 1. The molecule has 3 N–H and O–H groups in total. The Morgan fingerprint density at radius 3 is 2.81 bits per heavy atom. The van der Waals surface area contributed by atoms with Crippen LogP contribution in [0.4, 0.5) is 11.6 Å². The van der Waals surface area contributed by atoms with Crippen LogP contribution in [0.15, 0.2) is 54.8 Å². The van der Waals surface area contributed by atoms with Gasteiger partial charge in [-0.3, -0.25) is 9.78 Å². The number of aromatic nitrogens is 6. The number of hydrogen-bond acceptors (Lipinski definition) is 7. The fraction of sp³-hybridized carbons (Fsp3) is 0.217. The van der Waals surface area contributed by atoms with Gasteiger partial charge in [0.15, 0.2) is 0 Å². The molecule has 9 nitrogen and oxygen atoms in total. The molecular formula is C23H22N8O. The van der Waals surface area contributed by atoms with Gasteiger partial charge in [-0.2, -0.15) is 5.10 Å². The van der Waals surface area contributed by atoms with Gasteiger partial charge in [-0.1, -0.05) is 5.57 Å². The molecule has 1 aliphatic rings. The molecule has 1 saturated carbocycles. The van der Waals surface area contributed by atoms with E-state index in [1.165, 1.54) is 0 Å². The van der Waals surface area contributed by atoms with Crippen molar-refractivity contribution in [3.05, 3.63) is 66.2 Å². The van der Waals surface area contributed by atoms with Gasteiger partial charge < -0.3 is 11.1 Å². The number of carbonyl (C=O) groups is 1. The third-order valence-corrected chi connectivity index (χ3v) is 5.64. The van der Waals surface area contributed by atoms with Gasteiger partial charge >= 0.3 is 0 Å². The molecule has 0 atom stereocenters. The number of pyridine rings is 3. The van der Waals surface area contributed by atoms with Gasteiger partial charge in [-0.15, -0.1) is 0 Å². The van der Waals surface area contributed by atoms with E-state index in [4.69, 9.17) is 5.73 Å². The van der Waals surface area contributed by atoms with Crippen LogP contribution in [-0.2, 0) is 4.79 Å². The molecule has 32 heavy (non-hydrogen) atoms. The normalized spacial score (nSPS) is 15.4. The van der Waals surface area contributed by atoms with E-state index in [0.29, 0.717) is 11.6 Å². The van der Waals surface area contributed by atoms with Gasteiger partial charge in [0.2, 0.25) is 5.91 Å². The van der Waals surface area contributed by atoms with Crippen LogP contribution >= 0.6 is 0 Å². The quantitative estimate of drug-likeness (QED) is 0.479. The maximum Gasteiger partial charge on any atom is 0.249 e. The number of allylic oxidation sites excluding steroid dienone is 1. The smallest absolute Gasteiger partial charge is 0.249 e. The molecule has 9 heteroatoms. The highest BCUT2D eigenvalue weighted by Crippen LogP contribution is 2.36. The first-order valence-corrected chi connectivity index (χ1v) is 10.3. The summed E-state index contributed by atoms with van der Waals surface area (Å²) in [6.07, 6.45) is 10.1. The van der Waals surface area contributed by atoms with E-state index >= 15 is 0 Å². The monoisotopic (exact) mass is 426 g/mol. The van der Waals surface area contributed by atoms with Crippen molar-refractivity contribution in [2.24, 2.45) is 0 Å². The lowest BCUT2D eigenvalue weighted by Crippen LogP contribution is -2.22. The molecule has 1 amide bonds. The Kier molecular flexibility index (Phi) is 4.85. The second kappa shape index (κ2) is 7.84. The third kappa shape index (κ3) is 3.80. The molecule has 5 rings (SSSR count). The molecule has 0 saturated heterocycles. The van der Waals surface area contributed by atoms with Crippen molar-refractivity contribution < 1.29 is 4.79 Å². The lowest BCUT2D eigenvalue weighted by molar-refractivity contribution is -0.112. The molecular weight excluding hydrogens is 404 g/mol. The van der Waals surface area contributed by atoms with E-state index in [1.807, 2.05) is 30.7 Å². The van der Waals surface area contributed by atoms with Crippen LogP contribution < -0.4 is 11.1 Å². The number of fused-ring (bicyclic) bond motifs is 1. The van der Waals surface area contributed by atoms with E-state index in [9.17, 15) is 4.79 Å². The van der Waals surface area contributed by atoms with Gasteiger partial charge in [-0.05, 0) is 55.8 Å². The number of carbonyl (C=O) groups excluding carboxylic acids is 1. The van der Waals surface area contributed by atoms with E-state index in [1.54, 1.807) is 37.1 Å².